The Morgan fingerprint density at radius 1 is 0.963 bits per heavy atom. The molecule has 0 radical (unpaired) electrons. The molecule has 2 aromatic rings. The molecule has 0 unspecified atom stereocenters. The lowest BCUT2D eigenvalue weighted by atomic mass is 9.76. The molecule has 1 heterocycles. The fourth-order valence-corrected chi connectivity index (χ4v) is 3.02. The highest BCUT2D eigenvalue weighted by atomic mass is 16.7. The van der Waals surface area contributed by atoms with Gasteiger partial charge in [0.05, 0.1) is 16.9 Å². The molecule has 6 heteroatoms. The van der Waals surface area contributed by atoms with E-state index in [0.717, 1.165) is 16.2 Å². The highest BCUT2D eigenvalue weighted by molar-refractivity contribution is 6.65. The zero-order chi connectivity index (χ0) is 20.0. The van der Waals surface area contributed by atoms with E-state index >= 15 is 0 Å². The van der Waals surface area contributed by atoms with Gasteiger partial charge in [0.25, 0.3) is 0 Å². The summed E-state index contributed by atoms with van der Waals surface area (Å²) in [5.74, 6) is 0. The maximum Gasteiger partial charge on any atom is 0.495 e. The first-order valence-electron chi connectivity index (χ1n) is 9.27. The molecule has 2 aromatic carbocycles. The van der Waals surface area contributed by atoms with Crippen LogP contribution in [0.3, 0.4) is 0 Å². The van der Waals surface area contributed by atoms with Gasteiger partial charge in [0.1, 0.15) is 5.60 Å². The quantitative estimate of drug-likeness (QED) is 0.793. The first-order valence-corrected chi connectivity index (χ1v) is 9.27. The van der Waals surface area contributed by atoms with Gasteiger partial charge in [0, 0.05) is 5.39 Å². The Hall–Kier alpha value is -2.05. The van der Waals surface area contributed by atoms with Crippen LogP contribution < -0.4 is 10.8 Å². The first-order chi connectivity index (χ1) is 12.4. The van der Waals surface area contributed by atoms with Gasteiger partial charge in [0.2, 0.25) is 0 Å². The van der Waals surface area contributed by atoms with Crippen molar-refractivity contribution in [3.8, 4) is 0 Å². The highest BCUT2D eigenvalue weighted by Gasteiger charge is 2.52. The van der Waals surface area contributed by atoms with Gasteiger partial charge in [-0.1, -0.05) is 30.3 Å². The highest BCUT2D eigenvalue weighted by Crippen LogP contribution is 2.37. The molecule has 1 amide bonds. The summed E-state index contributed by atoms with van der Waals surface area (Å²) >= 11 is 0. The van der Waals surface area contributed by atoms with Crippen molar-refractivity contribution in [3.05, 3.63) is 36.4 Å². The van der Waals surface area contributed by atoms with Gasteiger partial charge < -0.3 is 14.0 Å². The number of rotatable bonds is 2. The largest absolute Gasteiger partial charge is 0.495 e. The summed E-state index contributed by atoms with van der Waals surface area (Å²) in [6.45, 7) is 13.7. The van der Waals surface area contributed by atoms with Crippen molar-refractivity contribution in [1.29, 1.82) is 0 Å². The molecule has 1 fully saturated rings. The van der Waals surface area contributed by atoms with Crippen LogP contribution in [0.25, 0.3) is 10.8 Å². The molecule has 3 rings (SSSR count). The van der Waals surface area contributed by atoms with E-state index in [4.69, 9.17) is 14.0 Å². The number of nitrogens with one attached hydrogen (secondary N) is 1. The van der Waals surface area contributed by atoms with Crippen molar-refractivity contribution in [2.45, 2.75) is 65.3 Å². The summed E-state index contributed by atoms with van der Waals surface area (Å²) in [6.07, 6.45) is -0.476. The van der Waals surface area contributed by atoms with Crippen molar-refractivity contribution < 1.29 is 18.8 Å². The third kappa shape index (κ3) is 3.97. The maximum absolute atomic E-state index is 12.2. The number of hydrogen-bond acceptors (Lipinski definition) is 4. The van der Waals surface area contributed by atoms with Crippen LogP contribution in [-0.4, -0.2) is 30.0 Å². The molecule has 144 valence electrons. The first kappa shape index (κ1) is 19.7. The van der Waals surface area contributed by atoms with E-state index in [-0.39, 0.29) is 0 Å². The Bertz CT molecular complexity index is 854. The Morgan fingerprint density at radius 2 is 1.52 bits per heavy atom. The average Bonchev–Trinajstić information content (AvgIpc) is 2.73. The summed E-state index contributed by atoms with van der Waals surface area (Å²) in [7, 11) is -0.463. The summed E-state index contributed by atoms with van der Waals surface area (Å²) in [5.41, 5.74) is 0.264. The normalized spacial score (nSPS) is 18.6. The molecule has 0 spiro atoms. The van der Waals surface area contributed by atoms with Crippen LogP contribution in [0.1, 0.15) is 48.5 Å². The summed E-state index contributed by atoms with van der Waals surface area (Å²) < 4.78 is 17.8. The Balaban J connectivity index is 1.96. The van der Waals surface area contributed by atoms with Crippen LogP contribution in [0.4, 0.5) is 10.5 Å². The van der Waals surface area contributed by atoms with Crippen LogP contribution in [0.2, 0.25) is 0 Å². The minimum Gasteiger partial charge on any atom is -0.444 e. The van der Waals surface area contributed by atoms with E-state index in [1.54, 1.807) is 0 Å². The molecule has 5 nitrogen and oxygen atoms in total. The number of carbonyl (C=O) groups excluding carboxylic acids is 1. The smallest absolute Gasteiger partial charge is 0.444 e. The number of carbonyl (C=O) groups is 1. The lowest BCUT2D eigenvalue weighted by Crippen LogP contribution is -2.41. The number of ether oxygens (including phenoxy) is 1. The minimum atomic E-state index is -0.553. The summed E-state index contributed by atoms with van der Waals surface area (Å²) in [4.78, 5) is 12.2. The van der Waals surface area contributed by atoms with Gasteiger partial charge in [0.15, 0.2) is 0 Å². The van der Waals surface area contributed by atoms with Gasteiger partial charge in [-0.3, -0.25) is 5.32 Å². The number of benzene rings is 2. The van der Waals surface area contributed by atoms with Crippen LogP contribution in [-0.2, 0) is 14.0 Å². The van der Waals surface area contributed by atoms with Crippen molar-refractivity contribution >= 4 is 35.1 Å². The molecule has 1 N–H and O–H groups in total. The Morgan fingerprint density at radius 3 is 2.07 bits per heavy atom. The zero-order valence-corrected chi connectivity index (χ0v) is 17.2. The topological polar surface area (TPSA) is 56.8 Å². The fourth-order valence-electron chi connectivity index (χ4n) is 3.02. The second kappa shape index (κ2) is 6.53. The lowest BCUT2D eigenvalue weighted by Gasteiger charge is -2.32. The standard InChI is InChI=1S/C21H28BNO4/c1-19(2,3)25-18(24)23-17-13-12-16(14-10-8-9-11-15(14)17)22-26-20(4,5)21(6,7)27-22/h8-13H,1-7H3,(H,23,24). The molecule has 0 bridgehead atoms. The third-order valence-electron chi connectivity index (χ3n) is 5.10. The van der Waals surface area contributed by atoms with E-state index < -0.39 is 30.0 Å². The molecule has 27 heavy (non-hydrogen) atoms. The second-order valence-corrected chi connectivity index (χ2v) is 8.96. The zero-order valence-electron chi connectivity index (χ0n) is 17.2. The summed E-state index contributed by atoms with van der Waals surface area (Å²) in [5, 5.41) is 4.74. The maximum atomic E-state index is 12.2. The molecule has 0 aliphatic carbocycles. The number of amides is 1. The predicted molar refractivity (Wildman–Crippen MR) is 110 cm³/mol. The lowest BCUT2D eigenvalue weighted by molar-refractivity contribution is 0.00578. The molecule has 0 atom stereocenters. The molecule has 0 aromatic heterocycles. The van der Waals surface area contributed by atoms with E-state index in [9.17, 15) is 4.79 Å². The van der Waals surface area contributed by atoms with Crippen molar-refractivity contribution in [3.63, 3.8) is 0 Å². The van der Waals surface area contributed by atoms with E-state index in [0.29, 0.717) is 5.69 Å². The fraction of sp³-hybridized carbons (Fsp3) is 0.476. The molecule has 1 aliphatic rings. The van der Waals surface area contributed by atoms with Crippen LogP contribution >= 0.6 is 0 Å². The van der Waals surface area contributed by atoms with Crippen molar-refractivity contribution in [2.24, 2.45) is 0 Å². The Kier molecular flexibility index (Phi) is 4.77. The van der Waals surface area contributed by atoms with Crippen molar-refractivity contribution in [2.75, 3.05) is 5.32 Å². The van der Waals surface area contributed by atoms with Crippen LogP contribution in [0, 0.1) is 0 Å². The van der Waals surface area contributed by atoms with Gasteiger partial charge in [-0.25, -0.2) is 4.79 Å². The molecular weight excluding hydrogens is 341 g/mol. The molecule has 0 saturated carbocycles. The van der Waals surface area contributed by atoms with Crippen molar-refractivity contribution in [1.82, 2.24) is 0 Å². The van der Waals surface area contributed by atoms with Gasteiger partial charge in [-0.15, -0.1) is 0 Å². The van der Waals surface area contributed by atoms with E-state index in [1.165, 1.54) is 0 Å². The second-order valence-electron chi connectivity index (χ2n) is 8.96. The number of hydrogen-bond donors (Lipinski definition) is 1. The molecular formula is C21H28BNO4. The van der Waals surface area contributed by atoms with Gasteiger partial charge in [-0.05, 0) is 65.4 Å². The van der Waals surface area contributed by atoms with Gasteiger partial charge >= 0.3 is 13.2 Å². The molecule has 1 aliphatic heterocycles. The monoisotopic (exact) mass is 369 g/mol. The number of fused-ring (bicyclic) bond motifs is 1. The van der Waals surface area contributed by atoms with E-state index in [1.807, 2.05) is 84.9 Å². The predicted octanol–water partition coefficient (Wildman–Crippen LogP) is 4.49. The SMILES string of the molecule is CC(C)(C)OC(=O)Nc1ccc(B2OC(C)(C)C(C)(C)O2)c2ccccc12. The van der Waals surface area contributed by atoms with Gasteiger partial charge in [-0.2, -0.15) is 0 Å². The van der Waals surface area contributed by atoms with Crippen LogP contribution in [0.5, 0.6) is 0 Å². The summed E-state index contributed by atoms with van der Waals surface area (Å²) in [6, 6.07) is 11.7. The number of anilines is 1. The average molecular weight is 369 g/mol. The van der Waals surface area contributed by atoms with Crippen LogP contribution in [0.15, 0.2) is 36.4 Å². The van der Waals surface area contributed by atoms with E-state index in [2.05, 4.69) is 5.32 Å². The molecule has 1 saturated heterocycles. The minimum absolute atomic E-state index is 0.411. The Labute approximate surface area is 161 Å². The third-order valence-corrected chi connectivity index (χ3v) is 5.10.